The zero-order chi connectivity index (χ0) is 14.2. The van der Waals surface area contributed by atoms with Crippen LogP contribution in [0.4, 0.5) is 0 Å². The predicted molar refractivity (Wildman–Crippen MR) is 83.3 cm³/mol. The van der Waals surface area contributed by atoms with E-state index in [1.165, 1.54) is 44.5 Å². The van der Waals surface area contributed by atoms with Crippen LogP contribution in [0.15, 0.2) is 24.3 Å². The molecule has 1 aromatic rings. The van der Waals surface area contributed by atoms with Crippen LogP contribution in [0, 0.1) is 11.8 Å². The largest absolute Gasteiger partial charge is 0.497 e. The van der Waals surface area contributed by atoms with Gasteiger partial charge in [0.25, 0.3) is 0 Å². The number of piperidine rings is 1. The Morgan fingerprint density at radius 1 is 1.35 bits per heavy atom. The molecule has 0 spiro atoms. The summed E-state index contributed by atoms with van der Waals surface area (Å²) in [4.78, 5) is 2.70. The average Bonchev–Trinajstić information content (AvgIpc) is 3.21. The van der Waals surface area contributed by atoms with Gasteiger partial charge in [-0.05, 0) is 48.8 Å². The summed E-state index contributed by atoms with van der Waals surface area (Å²) in [7, 11) is 1.75. The van der Waals surface area contributed by atoms with Gasteiger partial charge >= 0.3 is 0 Å². The molecule has 1 saturated carbocycles. The molecule has 1 aliphatic carbocycles. The molecule has 1 saturated heterocycles. The quantitative estimate of drug-likeness (QED) is 0.829. The Kier molecular flexibility index (Phi) is 3.76. The fourth-order valence-corrected chi connectivity index (χ4v) is 3.91. The van der Waals surface area contributed by atoms with Crippen LogP contribution in [0.3, 0.4) is 0 Å². The Labute approximate surface area is 123 Å². The SMILES string of the molecule is COc1cccc([C@@]2(C)C[C@@H](C)CN(CC3CC3)C2)c1. The first-order chi connectivity index (χ1) is 9.59. The molecule has 0 amide bonds. The van der Waals surface area contributed by atoms with Gasteiger partial charge in [0.15, 0.2) is 0 Å². The number of ether oxygens (including phenoxy) is 1. The smallest absolute Gasteiger partial charge is 0.119 e. The Hall–Kier alpha value is -1.02. The minimum Gasteiger partial charge on any atom is -0.497 e. The van der Waals surface area contributed by atoms with Gasteiger partial charge in [-0.2, -0.15) is 0 Å². The molecule has 0 unspecified atom stereocenters. The average molecular weight is 273 g/mol. The highest BCUT2D eigenvalue weighted by Crippen LogP contribution is 2.39. The summed E-state index contributed by atoms with van der Waals surface area (Å²) in [5, 5.41) is 0. The maximum Gasteiger partial charge on any atom is 0.119 e. The second-order valence-corrected chi connectivity index (χ2v) is 7.24. The highest BCUT2D eigenvalue weighted by atomic mass is 16.5. The van der Waals surface area contributed by atoms with Crippen LogP contribution in [0.2, 0.25) is 0 Å². The number of hydrogen-bond donors (Lipinski definition) is 0. The number of likely N-dealkylation sites (tertiary alicyclic amines) is 1. The van der Waals surface area contributed by atoms with E-state index in [2.05, 4.69) is 36.9 Å². The first-order valence-electron chi connectivity index (χ1n) is 7.96. The van der Waals surface area contributed by atoms with E-state index >= 15 is 0 Å². The fourth-order valence-electron chi connectivity index (χ4n) is 3.91. The van der Waals surface area contributed by atoms with Gasteiger partial charge in [0.2, 0.25) is 0 Å². The molecule has 0 bridgehead atoms. The van der Waals surface area contributed by atoms with Crippen LogP contribution in [-0.4, -0.2) is 31.6 Å². The van der Waals surface area contributed by atoms with Crippen molar-refractivity contribution < 1.29 is 4.74 Å². The minimum absolute atomic E-state index is 0.265. The maximum atomic E-state index is 5.41. The second kappa shape index (κ2) is 5.40. The molecular formula is C18H27NO. The van der Waals surface area contributed by atoms with Crippen LogP contribution in [0.25, 0.3) is 0 Å². The van der Waals surface area contributed by atoms with E-state index in [-0.39, 0.29) is 5.41 Å². The number of hydrogen-bond acceptors (Lipinski definition) is 2. The normalized spacial score (nSPS) is 31.2. The lowest BCUT2D eigenvalue weighted by atomic mass is 9.72. The van der Waals surface area contributed by atoms with Crippen molar-refractivity contribution in [3.8, 4) is 5.75 Å². The van der Waals surface area contributed by atoms with Gasteiger partial charge in [-0.1, -0.05) is 26.0 Å². The fraction of sp³-hybridized carbons (Fsp3) is 0.667. The van der Waals surface area contributed by atoms with E-state index in [4.69, 9.17) is 4.74 Å². The molecule has 2 nitrogen and oxygen atoms in total. The van der Waals surface area contributed by atoms with Gasteiger partial charge in [0, 0.05) is 25.0 Å². The lowest BCUT2D eigenvalue weighted by Crippen LogP contribution is -2.48. The molecule has 1 heterocycles. The van der Waals surface area contributed by atoms with Crippen molar-refractivity contribution in [3.05, 3.63) is 29.8 Å². The Balaban J connectivity index is 1.80. The van der Waals surface area contributed by atoms with Crippen LogP contribution < -0.4 is 4.74 Å². The minimum atomic E-state index is 0.265. The van der Waals surface area contributed by atoms with E-state index in [1.54, 1.807) is 7.11 Å². The summed E-state index contributed by atoms with van der Waals surface area (Å²) < 4.78 is 5.41. The van der Waals surface area contributed by atoms with E-state index in [0.29, 0.717) is 0 Å². The second-order valence-electron chi connectivity index (χ2n) is 7.24. The summed E-state index contributed by atoms with van der Waals surface area (Å²) in [6, 6.07) is 8.67. The van der Waals surface area contributed by atoms with E-state index in [9.17, 15) is 0 Å². The Bertz CT molecular complexity index is 466. The number of benzene rings is 1. The van der Waals surface area contributed by atoms with Gasteiger partial charge < -0.3 is 9.64 Å². The number of methoxy groups -OCH3 is 1. The predicted octanol–water partition coefficient (Wildman–Crippen LogP) is 3.70. The molecule has 110 valence electrons. The third-order valence-electron chi connectivity index (χ3n) is 4.92. The third kappa shape index (κ3) is 3.01. The first-order valence-corrected chi connectivity index (χ1v) is 7.96. The summed E-state index contributed by atoms with van der Waals surface area (Å²) in [5.41, 5.74) is 1.70. The lowest BCUT2D eigenvalue weighted by molar-refractivity contribution is 0.111. The standard InChI is InChI=1S/C18H27NO/c1-14-10-18(2,13-19(11-14)12-15-7-8-15)16-5-4-6-17(9-16)20-3/h4-6,9,14-15H,7-8,10-13H2,1-3H3/t14-,18+/m1/s1. The van der Waals surface area contributed by atoms with Crippen molar-refractivity contribution in [1.29, 1.82) is 0 Å². The molecule has 1 aromatic carbocycles. The van der Waals surface area contributed by atoms with Crippen molar-refractivity contribution in [2.45, 2.75) is 38.5 Å². The molecule has 20 heavy (non-hydrogen) atoms. The molecule has 3 rings (SSSR count). The highest BCUT2D eigenvalue weighted by molar-refractivity contribution is 5.34. The van der Waals surface area contributed by atoms with Crippen LogP contribution >= 0.6 is 0 Å². The summed E-state index contributed by atoms with van der Waals surface area (Å²) >= 11 is 0. The van der Waals surface area contributed by atoms with Crippen LogP contribution in [-0.2, 0) is 5.41 Å². The van der Waals surface area contributed by atoms with Gasteiger partial charge in [0.05, 0.1) is 7.11 Å². The molecule has 2 fully saturated rings. The van der Waals surface area contributed by atoms with Gasteiger partial charge in [-0.15, -0.1) is 0 Å². The third-order valence-corrected chi connectivity index (χ3v) is 4.92. The maximum absolute atomic E-state index is 5.41. The lowest BCUT2D eigenvalue weighted by Gasteiger charge is -2.44. The highest BCUT2D eigenvalue weighted by Gasteiger charge is 2.37. The van der Waals surface area contributed by atoms with E-state index in [0.717, 1.165) is 17.6 Å². The topological polar surface area (TPSA) is 12.5 Å². The van der Waals surface area contributed by atoms with E-state index < -0.39 is 0 Å². The number of nitrogens with zero attached hydrogens (tertiary/aromatic N) is 1. The molecule has 0 radical (unpaired) electrons. The molecule has 2 atom stereocenters. The van der Waals surface area contributed by atoms with Gasteiger partial charge in [-0.25, -0.2) is 0 Å². The summed E-state index contributed by atoms with van der Waals surface area (Å²) in [6.07, 6.45) is 4.17. The summed E-state index contributed by atoms with van der Waals surface area (Å²) in [6.45, 7) is 8.61. The summed E-state index contributed by atoms with van der Waals surface area (Å²) in [5.74, 6) is 2.74. The van der Waals surface area contributed by atoms with Crippen molar-refractivity contribution >= 4 is 0 Å². The molecule has 1 aliphatic heterocycles. The van der Waals surface area contributed by atoms with E-state index in [1.807, 2.05) is 6.07 Å². The molecular weight excluding hydrogens is 246 g/mol. The zero-order valence-corrected chi connectivity index (χ0v) is 13.1. The van der Waals surface area contributed by atoms with Crippen molar-refractivity contribution in [1.82, 2.24) is 4.90 Å². The number of rotatable bonds is 4. The molecule has 2 aliphatic rings. The molecule has 0 N–H and O–H groups in total. The van der Waals surface area contributed by atoms with Crippen molar-refractivity contribution in [2.75, 3.05) is 26.7 Å². The molecule has 0 aromatic heterocycles. The van der Waals surface area contributed by atoms with Gasteiger partial charge in [-0.3, -0.25) is 0 Å². The van der Waals surface area contributed by atoms with Crippen molar-refractivity contribution in [2.24, 2.45) is 11.8 Å². The van der Waals surface area contributed by atoms with Gasteiger partial charge in [0.1, 0.15) is 5.75 Å². The molecule has 2 heteroatoms. The first kappa shape index (κ1) is 13.9. The van der Waals surface area contributed by atoms with Crippen molar-refractivity contribution in [3.63, 3.8) is 0 Å². The van der Waals surface area contributed by atoms with Crippen LogP contribution in [0.1, 0.15) is 38.7 Å². The van der Waals surface area contributed by atoms with Crippen LogP contribution in [0.5, 0.6) is 5.75 Å². The Morgan fingerprint density at radius 3 is 2.85 bits per heavy atom. The monoisotopic (exact) mass is 273 g/mol. The Morgan fingerprint density at radius 2 is 2.15 bits per heavy atom. The zero-order valence-electron chi connectivity index (χ0n) is 13.1.